The first-order valence-electron chi connectivity index (χ1n) is 5.75. The summed E-state index contributed by atoms with van der Waals surface area (Å²) in [7, 11) is 2.76. The molecule has 1 aromatic carbocycles. The highest BCUT2D eigenvalue weighted by molar-refractivity contribution is 6.44. The van der Waals surface area contributed by atoms with E-state index in [4.69, 9.17) is 39.5 Å². The summed E-state index contributed by atoms with van der Waals surface area (Å²) in [4.78, 5) is 15.7. The molecule has 0 bridgehead atoms. The number of hydrogen-bond acceptors (Lipinski definition) is 4. The molecule has 110 valence electrons. The Hall–Kier alpha value is -1.49. The topological polar surface area (TPSA) is 48.4 Å². The maximum atomic E-state index is 11.6. The Morgan fingerprint density at radius 2 is 1.67 bits per heavy atom. The fourth-order valence-corrected chi connectivity index (χ4v) is 2.41. The fourth-order valence-electron chi connectivity index (χ4n) is 1.77. The lowest BCUT2D eigenvalue weighted by atomic mass is 10.1. The molecule has 1 heterocycles. The van der Waals surface area contributed by atoms with Crippen molar-refractivity contribution < 1.29 is 14.3 Å². The Balaban J connectivity index is 2.66. The third-order valence-electron chi connectivity index (χ3n) is 2.77. The summed E-state index contributed by atoms with van der Waals surface area (Å²) < 4.78 is 9.87. The van der Waals surface area contributed by atoms with Crippen molar-refractivity contribution in [3.63, 3.8) is 0 Å². The van der Waals surface area contributed by atoms with Gasteiger partial charge < -0.3 is 9.47 Å². The number of carbonyl (C=O) groups excluding carboxylic acids is 1. The molecule has 1 aromatic heterocycles. The first-order valence-corrected chi connectivity index (χ1v) is 6.88. The summed E-state index contributed by atoms with van der Waals surface area (Å²) >= 11 is 18.1. The van der Waals surface area contributed by atoms with Gasteiger partial charge in [0.1, 0.15) is 0 Å². The molecule has 4 nitrogen and oxygen atoms in total. The average molecular weight is 347 g/mol. The lowest BCUT2D eigenvalue weighted by Crippen LogP contribution is -2.03. The minimum atomic E-state index is -0.511. The molecule has 0 fully saturated rings. The van der Waals surface area contributed by atoms with E-state index < -0.39 is 5.97 Å². The van der Waals surface area contributed by atoms with E-state index in [9.17, 15) is 4.79 Å². The predicted octanol–water partition coefficient (Wildman–Crippen LogP) is 4.50. The zero-order valence-corrected chi connectivity index (χ0v) is 13.4. The number of pyridine rings is 1. The lowest BCUT2D eigenvalue weighted by Gasteiger charge is -2.11. The molecule has 0 radical (unpaired) electrons. The van der Waals surface area contributed by atoms with Crippen LogP contribution in [-0.2, 0) is 4.74 Å². The van der Waals surface area contributed by atoms with E-state index in [1.165, 1.54) is 26.5 Å². The van der Waals surface area contributed by atoms with Gasteiger partial charge in [0.05, 0.1) is 34.9 Å². The Bertz CT molecular complexity index is 704. The molecular formula is C14H10Cl3NO3. The van der Waals surface area contributed by atoms with Crippen LogP contribution in [0.25, 0.3) is 11.1 Å². The van der Waals surface area contributed by atoms with Crippen LogP contribution < -0.4 is 4.74 Å². The minimum absolute atomic E-state index is 0.274. The van der Waals surface area contributed by atoms with E-state index >= 15 is 0 Å². The van der Waals surface area contributed by atoms with Crippen LogP contribution in [0.4, 0.5) is 0 Å². The Morgan fingerprint density at radius 3 is 2.29 bits per heavy atom. The van der Waals surface area contributed by atoms with Crippen molar-refractivity contribution in [3.05, 3.63) is 45.0 Å². The van der Waals surface area contributed by atoms with E-state index in [0.29, 0.717) is 32.1 Å². The molecular weight excluding hydrogens is 337 g/mol. The van der Waals surface area contributed by atoms with E-state index in [1.54, 1.807) is 12.1 Å². The van der Waals surface area contributed by atoms with Crippen molar-refractivity contribution >= 4 is 40.8 Å². The van der Waals surface area contributed by atoms with Gasteiger partial charge in [-0.3, -0.25) is 0 Å². The largest absolute Gasteiger partial charge is 0.481 e. The number of halogens is 3. The van der Waals surface area contributed by atoms with Crippen LogP contribution in [0.3, 0.4) is 0 Å². The molecule has 2 aromatic rings. The Labute approximate surface area is 136 Å². The molecule has 0 spiro atoms. The van der Waals surface area contributed by atoms with Crippen LogP contribution in [0.5, 0.6) is 5.88 Å². The van der Waals surface area contributed by atoms with Crippen LogP contribution in [0.15, 0.2) is 24.4 Å². The molecule has 0 amide bonds. The van der Waals surface area contributed by atoms with Crippen molar-refractivity contribution in [2.24, 2.45) is 0 Å². The Kier molecular flexibility index (Phi) is 4.93. The van der Waals surface area contributed by atoms with E-state index in [1.807, 2.05) is 0 Å². The molecule has 0 saturated carbocycles. The number of nitrogens with zero attached hydrogens (tertiary/aromatic N) is 1. The van der Waals surface area contributed by atoms with Gasteiger partial charge in [-0.15, -0.1) is 0 Å². The summed E-state index contributed by atoms with van der Waals surface area (Å²) in [6.45, 7) is 0. The predicted molar refractivity (Wildman–Crippen MR) is 82.6 cm³/mol. The average Bonchev–Trinajstić information content (AvgIpc) is 2.49. The molecule has 0 aliphatic heterocycles. The summed E-state index contributed by atoms with van der Waals surface area (Å²) in [5.74, 6) is -0.203. The summed E-state index contributed by atoms with van der Waals surface area (Å²) in [6.07, 6.45) is 1.36. The van der Waals surface area contributed by atoms with Gasteiger partial charge in [0.15, 0.2) is 0 Å². The molecule has 21 heavy (non-hydrogen) atoms. The number of esters is 1. The third-order valence-corrected chi connectivity index (χ3v) is 3.80. The number of ether oxygens (including phenoxy) is 2. The third kappa shape index (κ3) is 3.23. The van der Waals surface area contributed by atoms with Crippen LogP contribution in [0.2, 0.25) is 15.1 Å². The van der Waals surface area contributed by atoms with Gasteiger partial charge in [0, 0.05) is 17.3 Å². The number of hydrogen-bond donors (Lipinski definition) is 0. The minimum Gasteiger partial charge on any atom is -0.481 e. The quantitative estimate of drug-likeness (QED) is 0.606. The standard InChI is InChI=1S/C14H10Cl3NO3/c1-20-13-9(3-7(6-18-13)14(19)21-2)8-4-11(16)12(17)5-10(8)15/h3-6H,1-2H3. The van der Waals surface area contributed by atoms with Crippen LogP contribution in [0.1, 0.15) is 10.4 Å². The first-order chi connectivity index (χ1) is 9.97. The molecule has 0 N–H and O–H groups in total. The fraction of sp³-hybridized carbons (Fsp3) is 0.143. The number of methoxy groups -OCH3 is 2. The van der Waals surface area contributed by atoms with Gasteiger partial charge in [-0.2, -0.15) is 0 Å². The van der Waals surface area contributed by atoms with Crippen molar-refractivity contribution in [2.75, 3.05) is 14.2 Å². The molecule has 0 saturated heterocycles. The molecule has 2 rings (SSSR count). The number of carbonyl (C=O) groups is 1. The number of benzene rings is 1. The molecule has 0 unspecified atom stereocenters. The van der Waals surface area contributed by atoms with Crippen molar-refractivity contribution in [3.8, 4) is 17.0 Å². The molecule has 0 atom stereocenters. The zero-order chi connectivity index (χ0) is 15.6. The van der Waals surface area contributed by atoms with Gasteiger partial charge in [0.25, 0.3) is 0 Å². The van der Waals surface area contributed by atoms with Gasteiger partial charge in [-0.1, -0.05) is 34.8 Å². The second-order valence-corrected chi connectivity index (χ2v) is 5.24. The van der Waals surface area contributed by atoms with Crippen molar-refractivity contribution in [2.45, 2.75) is 0 Å². The zero-order valence-electron chi connectivity index (χ0n) is 11.1. The molecule has 7 heteroatoms. The maximum Gasteiger partial charge on any atom is 0.339 e. The smallest absolute Gasteiger partial charge is 0.339 e. The highest BCUT2D eigenvalue weighted by Crippen LogP contribution is 2.38. The van der Waals surface area contributed by atoms with Gasteiger partial charge in [-0.05, 0) is 18.2 Å². The molecule has 0 aliphatic rings. The SMILES string of the molecule is COC(=O)c1cnc(OC)c(-c2cc(Cl)c(Cl)cc2Cl)c1. The van der Waals surface area contributed by atoms with Crippen LogP contribution in [-0.4, -0.2) is 25.2 Å². The van der Waals surface area contributed by atoms with E-state index in [-0.39, 0.29) is 5.56 Å². The normalized spacial score (nSPS) is 10.3. The first kappa shape index (κ1) is 15.9. The number of rotatable bonds is 3. The lowest BCUT2D eigenvalue weighted by molar-refractivity contribution is 0.0600. The second-order valence-electron chi connectivity index (χ2n) is 4.02. The van der Waals surface area contributed by atoms with Gasteiger partial charge >= 0.3 is 5.97 Å². The van der Waals surface area contributed by atoms with E-state index in [0.717, 1.165) is 0 Å². The summed E-state index contributed by atoms with van der Waals surface area (Å²) in [6, 6.07) is 4.68. The number of aromatic nitrogens is 1. The summed E-state index contributed by atoms with van der Waals surface area (Å²) in [5.41, 5.74) is 1.35. The van der Waals surface area contributed by atoms with Crippen LogP contribution in [0, 0.1) is 0 Å². The van der Waals surface area contributed by atoms with E-state index in [2.05, 4.69) is 9.72 Å². The van der Waals surface area contributed by atoms with Gasteiger partial charge in [-0.25, -0.2) is 9.78 Å². The highest BCUT2D eigenvalue weighted by Gasteiger charge is 2.17. The van der Waals surface area contributed by atoms with Crippen molar-refractivity contribution in [1.82, 2.24) is 4.98 Å². The Morgan fingerprint density at radius 1 is 1.00 bits per heavy atom. The molecule has 0 aliphatic carbocycles. The monoisotopic (exact) mass is 345 g/mol. The maximum absolute atomic E-state index is 11.6. The summed E-state index contributed by atoms with van der Waals surface area (Å²) in [5, 5.41) is 1.04. The second kappa shape index (κ2) is 6.52. The van der Waals surface area contributed by atoms with Crippen molar-refractivity contribution in [1.29, 1.82) is 0 Å². The highest BCUT2D eigenvalue weighted by atomic mass is 35.5. The van der Waals surface area contributed by atoms with Gasteiger partial charge in [0.2, 0.25) is 5.88 Å². The van der Waals surface area contributed by atoms with Crippen LogP contribution >= 0.6 is 34.8 Å².